The molecule has 0 N–H and O–H groups in total. The van der Waals surface area contributed by atoms with Gasteiger partial charge in [0.15, 0.2) is 0 Å². The summed E-state index contributed by atoms with van der Waals surface area (Å²) < 4.78 is 88.5. The third-order valence-electron chi connectivity index (χ3n) is 1.42. The summed E-state index contributed by atoms with van der Waals surface area (Å²) in [6, 6.07) is 1.67. The zero-order valence-electron chi connectivity index (χ0n) is 8.13. The van der Waals surface area contributed by atoms with Crippen LogP contribution in [0.4, 0.5) is 26.3 Å². The van der Waals surface area contributed by atoms with E-state index in [0.717, 1.165) is 0 Å². The predicted octanol–water partition coefficient (Wildman–Crippen LogP) is 3.27. The standard InChI is InChI=1S/C8H3F6O3S/c9-7(10,11)16-4-1-5(17-8(12,13)14)3-6(2-4)18-15/h1-3H/q+1. The van der Waals surface area contributed by atoms with Crippen molar-refractivity contribution < 1.29 is 40.0 Å². The molecule has 0 aliphatic rings. The van der Waals surface area contributed by atoms with Crippen molar-refractivity contribution in [1.82, 2.24) is 0 Å². The highest BCUT2D eigenvalue weighted by Gasteiger charge is 2.34. The van der Waals surface area contributed by atoms with Gasteiger partial charge in [-0.2, -0.15) is 0 Å². The van der Waals surface area contributed by atoms with E-state index in [1.807, 2.05) is 0 Å². The molecule has 0 heterocycles. The minimum Gasteiger partial charge on any atom is -0.405 e. The van der Waals surface area contributed by atoms with Crippen molar-refractivity contribution in [2.75, 3.05) is 0 Å². The largest absolute Gasteiger partial charge is 0.573 e. The first-order valence-corrected chi connectivity index (χ1v) is 4.79. The Morgan fingerprint density at radius 1 is 0.833 bits per heavy atom. The third-order valence-corrected chi connectivity index (χ3v) is 1.85. The summed E-state index contributed by atoms with van der Waals surface area (Å²) in [5, 5.41) is 0. The molecule has 0 radical (unpaired) electrons. The van der Waals surface area contributed by atoms with Crippen LogP contribution in [0.15, 0.2) is 23.1 Å². The zero-order chi connectivity index (χ0) is 14.0. The van der Waals surface area contributed by atoms with Crippen LogP contribution >= 0.6 is 0 Å². The van der Waals surface area contributed by atoms with E-state index >= 15 is 0 Å². The Morgan fingerprint density at radius 3 is 1.50 bits per heavy atom. The van der Waals surface area contributed by atoms with Gasteiger partial charge in [0.05, 0.1) is 12.1 Å². The van der Waals surface area contributed by atoms with Crippen molar-refractivity contribution in [3.8, 4) is 11.5 Å². The monoisotopic (exact) mass is 293 g/mol. The molecular weight excluding hydrogens is 290 g/mol. The van der Waals surface area contributed by atoms with Crippen LogP contribution in [0.5, 0.6) is 11.5 Å². The van der Waals surface area contributed by atoms with Gasteiger partial charge in [0, 0.05) is 10.3 Å². The Balaban J connectivity index is 3.05. The maximum absolute atomic E-state index is 11.9. The molecule has 0 fully saturated rings. The summed E-state index contributed by atoms with van der Waals surface area (Å²) in [5.74, 6) is -1.94. The van der Waals surface area contributed by atoms with Crippen LogP contribution in [-0.2, 0) is 15.9 Å². The average Bonchev–Trinajstić information content (AvgIpc) is 2.11. The normalized spacial score (nSPS) is 12.1. The number of rotatable bonds is 3. The Hall–Kier alpha value is -1.58. The average molecular weight is 293 g/mol. The molecular formula is C8H3F6O3S+. The Morgan fingerprint density at radius 2 is 1.22 bits per heavy atom. The van der Waals surface area contributed by atoms with Gasteiger partial charge in [0.1, 0.15) is 11.5 Å². The molecule has 0 saturated carbocycles. The molecule has 0 aromatic heterocycles. The van der Waals surface area contributed by atoms with E-state index in [9.17, 15) is 30.6 Å². The highest BCUT2D eigenvalue weighted by atomic mass is 32.1. The second-order valence-electron chi connectivity index (χ2n) is 2.82. The third kappa shape index (κ3) is 5.17. The summed E-state index contributed by atoms with van der Waals surface area (Å²) in [6.45, 7) is 0. The van der Waals surface area contributed by atoms with Gasteiger partial charge in [-0.3, -0.25) is 0 Å². The van der Waals surface area contributed by atoms with Crippen molar-refractivity contribution >= 4 is 11.7 Å². The molecule has 0 aliphatic heterocycles. The fourth-order valence-corrected chi connectivity index (χ4v) is 1.31. The summed E-state index contributed by atoms with van der Waals surface area (Å²) in [7, 11) is 0. The van der Waals surface area contributed by atoms with Gasteiger partial charge in [-0.1, -0.05) is 0 Å². The summed E-state index contributed by atoms with van der Waals surface area (Å²) in [6.07, 6.45) is -10.2. The number of hydrogen-bond donors (Lipinski definition) is 0. The first-order valence-electron chi connectivity index (χ1n) is 4.05. The van der Waals surface area contributed by atoms with Crippen LogP contribution in [0.1, 0.15) is 0 Å². The Kier molecular flexibility index (Phi) is 3.99. The van der Waals surface area contributed by atoms with Crippen molar-refractivity contribution in [3.63, 3.8) is 0 Å². The van der Waals surface area contributed by atoms with E-state index in [2.05, 4.69) is 9.47 Å². The maximum Gasteiger partial charge on any atom is 0.573 e. The second kappa shape index (κ2) is 4.96. The molecule has 0 aliphatic carbocycles. The van der Waals surface area contributed by atoms with Crippen molar-refractivity contribution in [2.45, 2.75) is 17.6 Å². The number of alkyl halides is 6. The quantitative estimate of drug-likeness (QED) is 0.634. The van der Waals surface area contributed by atoms with Crippen LogP contribution in [0, 0.1) is 0 Å². The molecule has 18 heavy (non-hydrogen) atoms. The first kappa shape index (κ1) is 14.5. The van der Waals surface area contributed by atoms with Crippen LogP contribution < -0.4 is 9.47 Å². The lowest BCUT2D eigenvalue weighted by Crippen LogP contribution is -2.19. The van der Waals surface area contributed by atoms with E-state index in [-0.39, 0.29) is 11.7 Å². The molecule has 10 heteroatoms. The van der Waals surface area contributed by atoms with Gasteiger partial charge >= 0.3 is 24.4 Å². The molecule has 1 rings (SSSR count). The van der Waals surface area contributed by atoms with Crippen LogP contribution in [0.2, 0.25) is 0 Å². The molecule has 0 amide bonds. The van der Waals surface area contributed by atoms with E-state index in [1.54, 1.807) is 0 Å². The molecule has 1 aromatic carbocycles. The van der Waals surface area contributed by atoms with Gasteiger partial charge in [0.2, 0.25) is 0 Å². The maximum atomic E-state index is 11.9. The van der Waals surface area contributed by atoms with Crippen molar-refractivity contribution in [3.05, 3.63) is 18.2 Å². The molecule has 0 saturated heterocycles. The van der Waals surface area contributed by atoms with Crippen molar-refractivity contribution in [1.29, 1.82) is 0 Å². The number of hydrogen-bond acceptors (Lipinski definition) is 3. The highest BCUT2D eigenvalue weighted by Crippen LogP contribution is 2.31. The SMILES string of the molecule is O=[S+]c1cc(OC(F)(F)F)cc(OC(F)(F)F)c1. The second-order valence-corrected chi connectivity index (χ2v) is 3.46. The minimum atomic E-state index is -5.08. The predicted molar refractivity (Wildman–Crippen MR) is 46.1 cm³/mol. The zero-order valence-corrected chi connectivity index (χ0v) is 8.95. The number of benzene rings is 1. The van der Waals surface area contributed by atoms with Gasteiger partial charge in [0.25, 0.3) is 4.90 Å². The molecule has 0 atom stereocenters. The van der Waals surface area contributed by atoms with E-state index in [0.29, 0.717) is 18.2 Å². The van der Waals surface area contributed by atoms with Crippen molar-refractivity contribution in [2.24, 2.45) is 0 Å². The summed E-state index contributed by atoms with van der Waals surface area (Å²) in [5.41, 5.74) is 0. The molecule has 3 nitrogen and oxygen atoms in total. The Bertz CT molecular complexity index is 407. The fourth-order valence-electron chi connectivity index (χ4n) is 0.979. The van der Waals surface area contributed by atoms with Crippen LogP contribution in [0.25, 0.3) is 0 Å². The number of halogens is 6. The molecule has 0 bridgehead atoms. The first-order chi connectivity index (χ1) is 8.09. The van der Waals surface area contributed by atoms with Crippen LogP contribution in [0.3, 0.4) is 0 Å². The molecule has 1 aromatic rings. The van der Waals surface area contributed by atoms with Gasteiger partial charge in [-0.05, 0) is 0 Å². The van der Waals surface area contributed by atoms with Gasteiger partial charge in [-0.25, -0.2) is 0 Å². The molecule has 0 spiro atoms. The van der Waals surface area contributed by atoms with Gasteiger partial charge in [-0.15, -0.1) is 26.3 Å². The van der Waals surface area contributed by atoms with E-state index < -0.39 is 29.1 Å². The topological polar surface area (TPSA) is 35.5 Å². The molecule has 100 valence electrons. The fraction of sp³-hybridized carbons (Fsp3) is 0.250. The lowest BCUT2D eigenvalue weighted by molar-refractivity contribution is -0.276. The number of ether oxygens (including phenoxy) is 2. The lowest BCUT2D eigenvalue weighted by Gasteiger charge is -2.11. The summed E-state index contributed by atoms with van der Waals surface area (Å²) >= 11 is -0.296. The minimum absolute atomic E-state index is 0.296. The molecule has 0 unspecified atom stereocenters. The van der Waals surface area contributed by atoms with Crippen LogP contribution in [-0.4, -0.2) is 12.7 Å². The van der Waals surface area contributed by atoms with Gasteiger partial charge < -0.3 is 9.47 Å². The highest BCUT2D eigenvalue weighted by molar-refractivity contribution is 7.65. The summed E-state index contributed by atoms with van der Waals surface area (Å²) in [4.78, 5) is -0.406. The smallest absolute Gasteiger partial charge is 0.405 e. The van der Waals surface area contributed by atoms with E-state index in [1.165, 1.54) is 0 Å². The van der Waals surface area contributed by atoms with E-state index in [4.69, 9.17) is 0 Å². The lowest BCUT2D eigenvalue weighted by atomic mass is 10.3. The Labute approximate surface area is 99.8 Å².